The number of benzene rings is 5. The van der Waals surface area contributed by atoms with Crippen molar-refractivity contribution >= 4 is 57.2 Å². The average Bonchev–Trinajstić information content (AvgIpc) is 3.64. The van der Waals surface area contributed by atoms with Gasteiger partial charge in [0.1, 0.15) is 0 Å². The van der Waals surface area contributed by atoms with Crippen molar-refractivity contribution in [2.24, 2.45) is 35.5 Å². The predicted molar refractivity (Wildman–Crippen MR) is 255 cm³/mol. The molecule has 4 atom stereocenters. The van der Waals surface area contributed by atoms with Crippen LogP contribution in [0.3, 0.4) is 0 Å². The molecule has 0 N–H and O–H groups in total. The van der Waals surface area contributed by atoms with E-state index < -0.39 is 0 Å². The first-order valence-corrected chi connectivity index (χ1v) is 25.2. The van der Waals surface area contributed by atoms with E-state index in [4.69, 9.17) is 0 Å². The molecule has 4 unspecified atom stereocenters. The molecule has 2 heterocycles. The predicted octanol–water partition coefficient (Wildman–Crippen LogP) is 13.5. The Hall–Kier alpha value is -4.24. The molecule has 11 aliphatic rings. The normalized spacial score (nSPS) is 33.0. The van der Waals surface area contributed by atoms with Crippen molar-refractivity contribution in [3.8, 4) is 0 Å². The summed E-state index contributed by atoms with van der Waals surface area (Å²) in [5.74, 6) is 6.30. The average molecular weight is 799 g/mol. The van der Waals surface area contributed by atoms with Crippen molar-refractivity contribution in [1.82, 2.24) is 0 Å². The van der Waals surface area contributed by atoms with E-state index in [1.165, 1.54) is 173 Å². The molecule has 3 heteroatoms. The first-order valence-electron chi connectivity index (χ1n) is 25.2. The third-order valence-electron chi connectivity index (χ3n) is 19.2. The highest BCUT2D eigenvalue weighted by Gasteiger charge is 2.51. The van der Waals surface area contributed by atoms with Crippen LogP contribution in [0.25, 0.3) is 0 Å². The smallest absolute Gasteiger partial charge is 0.252 e. The summed E-state index contributed by atoms with van der Waals surface area (Å²) in [6.45, 7) is 0.192. The molecule has 5 aromatic rings. The summed E-state index contributed by atoms with van der Waals surface area (Å²) >= 11 is 0. The van der Waals surface area contributed by atoms with E-state index in [1.807, 2.05) is 0 Å². The number of hydrogen-bond donors (Lipinski definition) is 0. The van der Waals surface area contributed by atoms with Crippen molar-refractivity contribution in [2.45, 2.75) is 139 Å². The lowest BCUT2D eigenvalue weighted by Crippen LogP contribution is -2.61. The monoisotopic (exact) mass is 799 g/mol. The van der Waals surface area contributed by atoms with Crippen LogP contribution in [0.15, 0.2) is 109 Å². The molecule has 0 spiro atoms. The van der Waals surface area contributed by atoms with Crippen LogP contribution in [0.5, 0.6) is 0 Å². The van der Waals surface area contributed by atoms with Gasteiger partial charge in [-0.3, -0.25) is 0 Å². The van der Waals surface area contributed by atoms with Crippen molar-refractivity contribution in [3.05, 3.63) is 126 Å². The zero-order valence-electron chi connectivity index (χ0n) is 36.3. The lowest BCUT2D eigenvalue weighted by atomic mass is 9.33. The van der Waals surface area contributed by atoms with Crippen LogP contribution in [0, 0.1) is 35.5 Å². The number of nitrogens with zero attached hydrogens (tertiary/aromatic N) is 2. The zero-order chi connectivity index (χ0) is 39.9. The van der Waals surface area contributed by atoms with Gasteiger partial charge in [-0.05, 0) is 237 Å². The van der Waals surface area contributed by atoms with E-state index >= 15 is 0 Å². The molecule has 9 fully saturated rings. The summed E-state index contributed by atoms with van der Waals surface area (Å²) in [5, 5.41) is 0. The van der Waals surface area contributed by atoms with Crippen molar-refractivity contribution in [1.29, 1.82) is 0 Å². The third kappa shape index (κ3) is 5.59. The number of anilines is 6. The first kappa shape index (κ1) is 36.3. The van der Waals surface area contributed by atoms with Crippen LogP contribution in [0.4, 0.5) is 34.1 Å². The van der Waals surface area contributed by atoms with Gasteiger partial charge in [-0.2, -0.15) is 0 Å². The molecular formula is C58H63BN2. The fourth-order valence-corrected chi connectivity index (χ4v) is 17.1. The van der Waals surface area contributed by atoms with Crippen LogP contribution >= 0.6 is 0 Å². The topological polar surface area (TPSA) is 6.48 Å². The Morgan fingerprint density at radius 2 is 0.951 bits per heavy atom. The summed E-state index contributed by atoms with van der Waals surface area (Å²) in [6.07, 6.45) is 26.9. The van der Waals surface area contributed by atoms with Crippen LogP contribution in [0.2, 0.25) is 0 Å². The molecule has 2 aliphatic heterocycles. The molecule has 0 saturated heterocycles. The van der Waals surface area contributed by atoms with Crippen LogP contribution in [0.1, 0.15) is 145 Å². The third-order valence-corrected chi connectivity index (χ3v) is 19.2. The Morgan fingerprint density at radius 1 is 0.426 bits per heavy atom. The molecule has 0 amide bonds. The van der Waals surface area contributed by atoms with Gasteiger partial charge in [-0.15, -0.1) is 0 Å². The summed E-state index contributed by atoms with van der Waals surface area (Å²) in [6, 6.07) is 44.6. The van der Waals surface area contributed by atoms with Gasteiger partial charge in [-0.25, -0.2) is 0 Å². The van der Waals surface area contributed by atoms with E-state index in [-0.39, 0.29) is 6.71 Å². The van der Waals surface area contributed by atoms with Crippen LogP contribution in [-0.2, 0) is 10.8 Å². The summed E-state index contributed by atoms with van der Waals surface area (Å²) in [4.78, 5) is 5.41. The highest BCUT2D eigenvalue weighted by molar-refractivity contribution is 7.00. The van der Waals surface area contributed by atoms with Gasteiger partial charge in [0.25, 0.3) is 6.71 Å². The quantitative estimate of drug-likeness (QED) is 0.160. The van der Waals surface area contributed by atoms with Crippen molar-refractivity contribution < 1.29 is 0 Å². The molecule has 5 aromatic carbocycles. The van der Waals surface area contributed by atoms with E-state index in [1.54, 1.807) is 16.7 Å². The number of para-hydroxylation sites is 2. The van der Waals surface area contributed by atoms with Crippen molar-refractivity contribution in [2.75, 3.05) is 9.80 Å². The number of rotatable bonds is 5. The second kappa shape index (κ2) is 13.6. The van der Waals surface area contributed by atoms with Gasteiger partial charge in [0.15, 0.2) is 0 Å². The van der Waals surface area contributed by atoms with Gasteiger partial charge >= 0.3 is 0 Å². The maximum absolute atomic E-state index is 2.78. The Balaban J connectivity index is 0.968. The van der Waals surface area contributed by atoms with Gasteiger partial charge in [0.05, 0.1) is 0 Å². The van der Waals surface area contributed by atoms with Gasteiger partial charge in [-0.1, -0.05) is 79.9 Å². The molecule has 9 saturated carbocycles. The van der Waals surface area contributed by atoms with Gasteiger partial charge < -0.3 is 9.80 Å². The van der Waals surface area contributed by atoms with E-state index in [0.29, 0.717) is 16.7 Å². The highest BCUT2D eigenvalue weighted by atomic mass is 15.2. The minimum Gasteiger partial charge on any atom is -0.311 e. The zero-order valence-corrected chi connectivity index (χ0v) is 36.3. The largest absolute Gasteiger partial charge is 0.311 e. The Bertz CT molecular complexity index is 2490. The Kier molecular flexibility index (Phi) is 8.11. The first-order chi connectivity index (χ1) is 30.1. The van der Waals surface area contributed by atoms with Crippen LogP contribution < -0.4 is 26.2 Å². The Labute approximate surface area is 365 Å². The number of fused-ring (bicyclic) bond motifs is 6. The SMILES string of the molecule is c1ccc(N2c3ccc(C45CCC6CC(CC(C6)C4)C5)cc3B3c4ccccc4N(c4ccc(C56CCC7CC(CC(C7)C5)C6)cc4)c4cc(C5CCCCC5)cc2c43)cc1. The summed E-state index contributed by atoms with van der Waals surface area (Å²) < 4.78 is 0. The standard InChI is InChI=1S/C58H63BN2/c1-3-9-44(10-4-1)45-31-54-56-55(32-45)61(49-18-15-46(16-19-49)57-23-21-38-25-40(34-57)29-41(26-38)35-57)52-14-8-7-13-50(52)59(56)51-33-47(17-20-53(51)60(54)48-11-5-2-6-12-48)58-24-22-39-27-42(36-58)30-43(28-39)37-58/h2,5-8,11-20,31-33,38-44H,1,3-4,9-10,21-30,34-37H2. The molecule has 0 radical (unpaired) electrons. The molecule has 9 aliphatic carbocycles. The summed E-state index contributed by atoms with van der Waals surface area (Å²) in [5.41, 5.74) is 18.2. The molecule has 0 aromatic heterocycles. The highest BCUT2D eigenvalue weighted by Crippen LogP contribution is 2.60. The molecular weight excluding hydrogens is 735 g/mol. The van der Waals surface area contributed by atoms with Gasteiger partial charge in [0, 0.05) is 34.1 Å². The maximum atomic E-state index is 2.78. The van der Waals surface area contributed by atoms with Crippen molar-refractivity contribution in [3.63, 3.8) is 0 Å². The number of hydrogen-bond acceptors (Lipinski definition) is 2. The Morgan fingerprint density at radius 3 is 1.59 bits per heavy atom. The maximum Gasteiger partial charge on any atom is 0.252 e. The second-order valence-corrected chi connectivity index (χ2v) is 22.7. The summed E-state index contributed by atoms with van der Waals surface area (Å²) in [7, 11) is 0. The van der Waals surface area contributed by atoms with Crippen LogP contribution in [-0.4, -0.2) is 6.71 Å². The van der Waals surface area contributed by atoms with E-state index in [0.717, 1.165) is 35.5 Å². The fraction of sp³-hybridized carbons (Fsp3) is 0.483. The molecule has 61 heavy (non-hydrogen) atoms. The molecule has 308 valence electrons. The molecule has 2 nitrogen and oxygen atoms in total. The van der Waals surface area contributed by atoms with E-state index in [2.05, 4.69) is 119 Å². The molecule has 16 rings (SSSR count). The molecule has 8 bridgehead atoms. The van der Waals surface area contributed by atoms with Gasteiger partial charge in [0.2, 0.25) is 0 Å². The minimum atomic E-state index is 0.192. The fourth-order valence-electron chi connectivity index (χ4n) is 17.1. The lowest BCUT2D eigenvalue weighted by molar-refractivity contribution is 0.113. The lowest BCUT2D eigenvalue weighted by Gasteiger charge is -2.47. The minimum absolute atomic E-state index is 0.192. The van der Waals surface area contributed by atoms with E-state index in [9.17, 15) is 0 Å². The second-order valence-electron chi connectivity index (χ2n) is 22.7.